The van der Waals surface area contributed by atoms with Crippen LogP contribution in [-0.2, 0) is 0 Å². The maximum atomic E-state index is 11.2. The first-order chi connectivity index (χ1) is 9.65. The van der Waals surface area contributed by atoms with Crippen LogP contribution in [0.15, 0.2) is 30.3 Å². The van der Waals surface area contributed by atoms with Gasteiger partial charge in [-0.2, -0.15) is 0 Å². The van der Waals surface area contributed by atoms with Crippen molar-refractivity contribution in [2.45, 2.75) is 0 Å². The molecule has 1 aromatic heterocycles. The van der Waals surface area contributed by atoms with Gasteiger partial charge in [-0.05, 0) is 31.3 Å². The van der Waals surface area contributed by atoms with Crippen molar-refractivity contribution in [1.29, 1.82) is 0 Å². The predicted octanol–water partition coefficient (Wildman–Crippen LogP) is 1.68. The van der Waals surface area contributed by atoms with Crippen LogP contribution in [0.4, 0.5) is 5.82 Å². The Hall–Kier alpha value is -2.14. The lowest BCUT2D eigenvalue weighted by Crippen LogP contribution is -2.44. The molecule has 104 valence electrons. The molecule has 2 heterocycles. The Morgan fingerprint density at radius 1 is 1.15 bits per heavy atom. The molecule has 0 unspecified atom stereocenters. The van der Waals surface area contributed by atoms with E-state index >= 15 is 0 Å². The van der Waals surface area contributed by atoms with Gasteiger partial charge in [-0.25, -0.2) is 9.78 Å². The smallest absolute Gasteiger partial charge is 0.336 e. The van der Waals surface area contributed by atoms with Crippen molar-refractivity contribution in [2.24, 2.45) is 0 Å². The zero-order chi connectivity index (χ0) is 14.1. The van der Waals surface area contributed by atoms with Crippen molar-refractivity contribution >= 4 is 22.7 Å². The van der Waals surface area contributed by atoms with Crippen LogP contribution in [-0.4, -0.2) is 54.2 Å². The molecule has 1 fully saturated rings. The molecule has 3 rings (SSSR count). The van der Waals surface area contributed by atoms with Crippen LogP contribution >= 0.6 is 0 Å². The number of pyridine rings is 1. The lowest BCUT2D eigenvalue weighted by molar-refractivity contribution is 0.0699. The summed E-state index contributed by atoms with van der Waals surface area (Å²) in [5.41, 5.74) is 1.04. The monoisotopic (exact) mass is 271 g/mol. The first-order valence-corrected chi connectivity index (χ1v) is 6.72. The molecule has 5 heteroatoms. The number of benzene rings is 1. The molecule has 1 aliphatic heterocycles. The van der Waals surface area contributed by atoms with Crippen LogP contribution in [0.25, 0.3) is 10.9 Å². The Morgan fingerprint density at radius 3 is 2.60 bits per heavy atom. The van der Waals surface area contributed by atoms with Crippen LogP contribution < -0.4 is 4.90 Å². The highest BCUT2D eigenvalue weighted by atomic mass is 16.4. The largest absolute Gasteiger partial charge is 0.478 e. The second kappa shape index (κ2) is 5.09. The molecule has 1 aliphatic rings. The topological polar surface area (TPSA) is 56.7 Å². The number of carbonyl (C=O) groups is 1. The van der Waals surface area contributed by atoms with E-state index in [1.54, 1.807) is 12.1 Å². The van der Waals surface area contributed by atoms with Crippen molar-refractivity contribution in [1.82, 2.24) is 9.88 Å². The number of fused-ring (bicyclic) bond motifs is 1. The number of hydrogen-bond donors (Lipinski definition) is 1. The maximum absolute atomic E-state index is 11.2. The van der Waals surface area contributed by atoms with Crippen molar-refractivity contribution < 1.29 is 9.90 Å². The number of piperazine rings is 1. The second-order valence-corrected chi connectivity index (χ2v) is 5.14. The van der Waals surface area contributed by atoms with E-state index in [2.05, 4.69) is 21.8 Å². The average Bonchev–Trinajstić information content (AvgIpc) is 2.46. The normalized spacial score (nSPS) is 16.6. The first kappa shape index (κ1) is 12.9. The Bertz CT molecular complexity index is 649. The molecular weight excluding hydrogens is 254 g/mol. The summed E-state index contributed by atoms with van der Waals surface area (Å²) in [5, 5.41) is 9.88. The van der Waals surface area contributed by atoms with Gasteiger partial charge in [0, 0.05) is 31.6 Å². The minimum absolute atomic E-state index is 0.305. The van der Waals surface area contributed by atoms with Crippen LogP contribution in [0.1, 0.15) is 10.4 Å². The predicted molar refractivity (Wildman–Crippen MR) is 78.4 cm³/mol. The fourth-order valence-corrected chi connectivity index (χ4v) is 2.54. The van der Waals surface area contributed by atoms with E-state index in [-0.39, 0.29) is 0 Å². The SMILES string of the molecule is CN1CCN(c2ccc3c(C(=O)O)cccc3n2)CC1. The Balaban J connectivity index is 1.97. The van der Waals surface area contributed by atoms with Crippen LogP contribution in [0.5, 0.6) is 0 Å². The van der Waals surface area contributed by atoms with Crippen LogP contribution in [0, 0.1) is 0 Å². The number of rotatable bonds is 2. The molecule has 0 spiro atoms. The van der Waals surface area contributed by atoms with Crippen molar-refractivity contribution in [3.05, 3.63) is 35.9 Å². The lowest BCUT2D eigenvalue weighted by Gasteiger charge is -2.33. The number of carboxylic acids is 1. The van der Waals surface area contributed by atoms with Crippen molar-refractivity contribution in [2.75, 3.05) is 38.1 Å². The summed E-state index contributed by atoms with van der Waals surface area (Å²) in [4.78, 5) is 20.3. The quantitative estimate of drug-likeness (QED) is 0.900. The van der Waals surface area contributed by atoms with Gasteiger partial charge in [-0.3, -0.25) is 0 Å². The molecule has 0 amide bonds. The molecule has 20 heavy (non-hydrogen) atoms. The highest BCUT2D eigenvalue weighted by Gasteiger charge is 2.16. The van der Waals surface area contributed by atoms with E-state index in [9.17, 15) is 9.90 Å². The highest BCUT2D eigenvalue weighted by Crippen LogP contribution is 2.22. The third-order valence-electron chi connectivity index (χ3n) is 3.77. The number of aromatic carboxylic acids is 1. The van der Waals surface area contributed by atoms with Gasteiger partial charge in [0.1, 0.15) is 5.82 Å². The number of nitrogens with zero attached hydrogens (tertiary/aromatic N) is 3. The van der Waals surface area contributed by atoms with Crippen LogP contribution in [0.3, 0.4) is 0 Å². The summed E-state index contributed by atoms with van der Waals surface area (Å²) in [7, 11) is 2.12. The molecule has 0 atom stereocenters. The molecule has 1 N–H and O–H groups in total. The molecular formula is C15H17N3O2. The summed E-state index contributed by atoms with van der Waals surface area (Å²) in [6.07, 6.45) is 0. The molecule has 0 bridgehead atoms. The molecule has 5 nitrogen and oxygen atoms in total. The third kappa shape index (κ3) is 2.32. The standard InChI is InChI=1S/C15H17N3O2/c1-17-7-9-18(10-8-17)14-6-5-11-12(15(19)20)3-2-4-13(11)16-14/h2-6H,7-10H2,1H3,(H,19,20). The summed E-state index contributed by atoms with van der Waals surface area (Å²) in [6, 6.07) is 9.00. The Morgan fingerprint density at radius 2 is 1.90 bits per heavy atom. The highest BCUT2D eigenvalue weighted by molar-refractivity contribution is 6.02. The van der Waals surface area contributed by atoms with Gasteiger partial charge < -0.3 is 14.9 Å². The summed E-state index contributed by atoms with van der Waals surface area (Å²) in [5.74, 6) is 0.0119. The van der Waals surface area contributed by atoms with E-state index in [1.807, 2.05) is 18.2 Å². The van der Waals surface area contributed by atoms with E-state index in [4.69, 9.17) is 0 Å². The molecule has 0 aliphatic carbocycles. The van der Waals surface area contributed by atoms with Gasteiger partial charge in [0.25, 0.3) is 0 Å². The maximum Gasteiger partial charge on any atom is 0.336 e. The number of carboxylic acid groups (broad SMARTS) is 1. The zero-order valence-electron chi connectivity index (χ0n) is 11.4. The van der Waals surface area contributed by atoms with Gasteiger partial charge in [-0.1, -0.05) is 6.07 Å². The summed E-state index contributed by atoms with van der Waals surface area (Å²) >= 11 is 0. The lowest BCUT2D eigenvalue weighted by atomic mass is 10.1. The van der Waals surface area contributed by atoms with Gasteiger partial charge >= 0.3 is 5.97 Å². The second-order valence-electron chi connectivity index (χ2n) is 5.14. The van der Waals surface area contributed by atoms with Gasteiger partial charge in [0.05, 0.1) is 11.1 Å². The molecule has 0 radical (unpaired) electrons. The Kier molecular flexibility index (Phi) is 3.28. The van der Waals surface area contributed by atoms with Gasteiger partial charge in [0.2, 0.25) is 0 Å². The summed E-state index contributed by atoms with van der Waals surface area (Å²) in [6.45, 7) is 3.95. The third-order valence-corrected chi connectivity index (χ3v) is 3.77. The van der Waals surface area contributed by atoms with Gasteiger partial charge in [-0.15, -0.1) is 0 Å². The number of aromatic nitrogens is 1. The molecule has 0 saturated carbocycles. The van der Waals surface area contributed by atoms with Crippen molar-refractivity contribution in [3.8, 4) is 0 Å². The zero-order valence-corrected chi connectivity index (χ0v) is 11.4. The fourth-order valence-electron chi connectivity index (χ4n) is 2.54. The van der Waals surface area contributed by atoms with Crippen LogP contribution in [0.2, 0.25) is 0 Å². The summed E-state index contributed by atoms with van der Waals surface area (Å²) < 4.78 is 0. The fraction of sp³-hybridized carbons (Fsp3) is 0.333. The molecule has 2 aromatic rings. The average molecular weight is 271 g/mol. The molecule has 1 saturated heterocycles. The van der Waals surface area contributed by atoms with E-state index in [0.29, 0.717) is 10.9 Å². The number of anilines is 1. The molecule has 1 aromatic carbocycles. The minimum Gasteiger partial charge on any atom is -0.478 e. The Labute approximate surface area is 117 Å². The van der Waals surface area contributed by atoms with E-state index in [0.717, 1.165) is 37.5 Å². The number of likely N-dealkylation sites (N-methyl/N-ethyl adjacent to an activating group) is 1. The van der Waals surface area contributed by atoms with E-state index in [1.165, 1.54) is 0 Å². The minimum atomic E-state index is -0.912. The van der Waals surface area contributed by atoms with E-state index < -0.39 is 5.97 Å². The number of hydrogen-bond acceptors (Lipinski definition) is 4. The van der Waals surface area contributed by atoms with Crippen molar-refractivity contribution in [3.63, 3.8) is 0 Å². The van der Waals surface area contributed by atoms with Gasteiger partial charge in [0.15, 0.2) is 0 Å². The first-order valence-electron chi connectivity index (χ1n) is 6.72.